The molecule has 1 fully saturated rings. The number of thiocarbonyl (C=S) groups is 1. The highest BCUT2D eigenvalue weighted by atomic mass is 79.9. The number of carbonyl (C=O) groups excluding carboxylic acids is 2. The first-order valence-corrected chi connectivity index (χ1v) is 9.93. The number of benzene rings is 2. The Morgan fingerprint density at radius 2 is 2.07 bits per heavy atom. The van der Waals surface area contributed by atoms with Crippen LogP contribution in [-0.2, 0) is 9.59 Å². The van der Waals surface area contributed by atoms with Gasteiger partial charge in [-0.05, 0) is 35.9 Å². The normalized spacial score (nSPS) is 15.3. The van der Waals surface area contributed by atoms with Crippen molar-refractivity contribution in [3.63, 3.8) is 0 Å². The fraction of sp³-hybridized carbons (Fsp3) is 0.105. The van der Waals surface area contributed by atoms with Gasteiger partial charge in [0.05, 0.1) is 12.0 Å². The zero-order chi connectivity index (χ0) is 19.4. The quantitative estimate of drug-likeness (QED) is 0.530. The number of nitrogens with one attached hydrogen (secondary N) is 1. The fourth-order valence-electron chi connectivity index (χ4n) is 2.43. The molecule has 5 nitrogen and oxygen atoms in total. The van der Waals surface area contributed by atoms with E-state index in [0.29, 0.717) is 20.7 Å². The SMILES string of the molecule is COc1cccc(NC(=O)CN2C(=O)C(=Cc3cccc(Br)c3)SC2=S)c1. The Morgan fingerprint density at radius 3 is 2.81 bits per heavy atom. The van der Waals surface area contributed by atoms with E-state index in [4.69, 9.17) is 17.0 Å². The van der Waals surface area contributed by atoms with Gasteiger partial charge in [-0.25, -0.2) is 0 Å². The third kappa shape index (κ3) is 4.97. The average molecular weight is 463 g/mol. The number of amides is 2. The smallest absolute Gasteiger partial charge is 0.266 e. The van der Waals surface area contributed by atoms with Crippen LogP contribution >= 0.6 is 39.9 Å². The van der Waals surface area contributed by atoms with Crippen molar-refractivity contribution in [3.8, 4) is 5.75 Å². The molecule has 3 rings (SSSR count). The molecule has 27 heavy (non-hydrogen) atoms. The maximum atomic E-state index is 12.6. The molecule has 0 radical (unpaired) electrons. The van der Waals surface area contributed by atoms with Crippen molar-refractivity contribution < 1.29 is 14.3 Å². The van der Waals surface area contributed by atoms with Crippen LogP contribution in [0.4, 0.5) is 5.69 Å². The van der Waals surface area contributed by atoms with Crippen molar-refractivity contribution in [3.05, 3.63) is 63.5 Å². The molecule has 1 aliphatic heterocycles. The summed E-state index contributed by atoms with van der Waals surface area (Å²) in [7, 11) is 1.55. The van der Waals surface area contributed by atoms with Crippen molar-refractivity contribution in [2.75, 3.05) is 19.0 Å². The Kier molecular flexibility index (Phi) is 6.30. The zero-order valence-electron chi connectivity index (χ0n) is 14.3. The van der Waals surface area contributed by atoms with Gasteiger partial charge in [0.15, 0.2) is 0 Å². The number of thioether (sulfide) groups is 1. The summed E-state index contributed by atoms with van der Waals surface area (Å²) in [5.74, 6) is 0.0318. The summed E-state index contributed by atoms with van der Waals surface area (Å²) in [5, 5.41) is 2.75. The molecule has 1 heterocycles. The third-order valence-corrected chi connectivity index (χ3v) is 5.55. The first kappa shape index (κ1) is 19.6. The van der Waals surface area contributed by atoms with Gasteiger partial charge in [-0.1, -0.05) is 58.1 Å². The number of halogens is 1. The largest absolute Gasteiger partial charge is 0.497 e. The first-order valence-electron chi connectivity index (χ1n) is 7.91. The maximum absolute atomic E-state index is 12.6. The van der Waals surface area contributed by atoms with Crippen molar-refractivity contribution >= 4 is 67.8 Å². The Balaban J connectivity index is 1.69. The van der Waals surface area contributed by atoms with E-state index in [-0.39, 0.29) is 18.4 Å². The number of anilines is 1. The number of carbonyl (C=O) groups is 2. The molecule has 2 aromatic rings. The van der Waals surface area contributed by atoms with E-state index >= 15 is 0 Å². The molecular weight excluding hydrogens is 448 g/mol. The molecule has 0 aromatic heterocycles. The molecule has 0 spiro atoms. The molecule has 0 unspecified atom stereocenters. The first-order chi connectivity index (χ1) is 13.0. The third-order valence-electron chi connectivity index (χ3n) is 3.68. The van der Waals surface area contributed by atoms with Gasteiger partial charge in [0, 0.05) is 16.2 Å². The summed E-state index contributed by atoms with van der Waals surface area (Å²) in [5.41, 5.74) is 1.47. The highest BCUT2D eigenvalue weighted by Gasteiger charge is 2.33. The van der Waals surface area contributed by atoms with Crippen LogP contribution in [0.3, 0.4) is 0 Å². The summed E-state index contributed by atoms with van der Waals surface area (Å²) in [6.45, 7) is -0.141. The summed E-state index contributed by atoms with van der Waals surface area (Å²) in [4.78, 5) is 26.8. The van der Waals surface area contributed by atoms with Gasteiger partial charge in [-0.3, -0.25) is 14.5 Å². The van der Waals surface area contributed by atoms with E-state index in [1.54, 1.807) is 37.5 Å². The lowest BCUT2D eigenvalue weighted by Crippen LogP contribution is -2.36. The monoisotopic (exact) mass is 462 g/mol. The second-order valence-electron chi connectivity index (χ2n) is 5.60. The van der Waals surface area contributed by atoms with Crippen molar-refractivity contribution in [1.29, 1.82) is 0 Å². The molecule has 1 saturated heterocycles. The zero-order valence-corrected chi connectivity index (χ0v) is 17.5. The van der Waals surface area contributed by atoms with Gasteiger partial charge >= 0.3 is 0 Å². The number of ether oxygens (including phenoxy) is 1. The van der Waals surface area contributed by atoms with Crippen LogP contribution in [0, 0.1) is 0 Å². The molecule has 0 bridgehead atoms. The van der Waals surface area contributed by atoms with Crippen molar-refractivity contribution in [1.82, 2.24) is 4.90 Å². The van der Waals surface area contributed by atoms with Crippen molar-refractivity contribution in [2.24, 2.45) is 0 Å². The number of rotatable bonds is 5. The Labute approximate surface area is 174 Å². The lowest BCUT2D eigenvalue weighted by Gasteiger charge is -2.14. The van der Waals surface area contributed by atoms with E-state index in [2.05, 4.69) is 21.2 Å². The molecule has 2 amide bonds. The Bertz CT molecular complexity index is 946. The van der Waals surface area contributed by atoms with Gasteiger partial charge in [-0.2, -0.15) is 0 Å². The molecule has 1 N–H and O–H groups in total. The second-order valence-corrected chi connectivity index (χ2v) is 8.19. The van der Waals surface area contributed by atoms with Crippen LogP contribution in [-0.4, -0.2) is 34.7 Å². The molecule has 2 aromatic carbocycles. The minimum absolute atomic E-state index is 0.141. The summed E-state index contributed by atoms with van der Waals surface area (Å²) in [6.07, 6.45) is 1.77. The minimum Gasteiger partial charge on any atom is -0.497 e. The number of hydrogen-bond acceptors (Lipinski definition) is 5. The van der Waals surface area contributed by atoms with Crippen molar-refractivity contribution in [2.45, 2.75) is 0 Å². The number of methoxy groups -OCH3 is 1. The maximum Gasteiger partial charge on any atom is 0.266 e. The second kappa shape index (κ2) is 8.69. The summed E-state index contributed by atoms with van der Waals surface area (Å²) >= 11 is 9.87. The van der Waals surface area contributed by atoms with Crippen LogP contribution in [0.25, 0.3) is 6.08 Å². The molecule has 138 valence electrons. The molecule has 0 saturated carbocycles. The van der Waals surface area contributed by atoms with Crippen LogP contribution in [0.5, 0.6) is 5.75 Å². The Morgan fingerprint density at radius 1 is 1.30 bits per heavy atom. The molecule has 1 aliphatic rings. The topological polar surface area (TPSA) is 58.6 Å². The van der Waals surface area contributed by atoms with Gasteiger partial charge < -0.3 is 10.1 Å². The van der Waals surface area contributed by atoms with E-state index in [0.717, 1.165) is 10.0 Å². The van der Waals surface area contributed by atoms with Gasteiger partial charge in [0.25, 0.3) is 5.91 Å². The lowest BCUT2D eigenvalue weighted by atomic mass is 10.2. The minimum atomic E-state index is -0.330. The van der Waals surface area contributed by atoms with E-state index in [9.17, 15) is 9.59 Å². The highest BCUT2D eigenvalue weighted by molar-refractivity contribution is 9.10. The molecular formula is C19H15BrN2O3S2. The van der Waals surface area contributed by atoms with Gasteiger partial charge in [0.2, 0.25) is 5.91 Å². The van der Waals surface area contributed by atoms with Crippen LogP contribution in [0.1, 0.15) is 5.56 Å². The molecule has 0 aliphatic carbocycles. The lowest BCUT2D eigenvalue weighted by molar-refractivity contribution is -0.126. The van der Waals surface area contributed by atoms with Gasteiger partial charge in [0.1, 0.15) is 16.6 Å². The van der Waals surface area contributed by atoms with Gasteiger partial charge in [-0.15, -0.1) is 0 Å². The predicted octanol–water partition coefficient (Wildman–Crippen LogP) is 4.30. The number of nitrogens with zero attached hydrogens (tertiary/aromatic N) is 1. The molecule has 8 heteroatoms. The Hall–Kier alpha value is -2.16. The van der Waals surface area contributed by atoms with E-state index in [1.165, 1.54) is 16.7 Å². The van der Waals surface area contributed by atoms with E-state index in [1.807, 2.05) is 24.3 Å². The average Bonchev–Trinajstić information content (AvgIpc) is 2.89. The molecule has 0 atom stereocenters. The van der Waals surface area contributed by atoms with Crippen LogP contribution < -0.4 is 10.1 Å². The van der Waals surface area contributed by atoms with Crippen LogP contribution in [0.15, 0.2) is 57.9 Å². The standard InChI is InChI=1S/C19H15BrN2O3S2/c1-25-15-7-3-6-14(10-15)21-17(23)11-22-18(24)16(27-19(22)26)9-12-4-2-5-13(20)8-12/h2-10H,11H2,1H3,(H,21,23). The number of hydrogen-bond donors (Lipinski definition) is 1. The van der Waals surface area contributed by atoms with Crippen LogP contribution in [0.2, 0.25) is 0 Å². The highest BCUT2D eigenvalue weighted by Crippen LogP contribution is 2.32. The van der Waals surface area contributed by atoms with E-state index < -0.39 is 0 Å². The summed E-state index contributed by atoms with van der Waals surface area (Å²) in [6, 6.07) is 14.6. The fourth-order valence-corrected chi connectivity index (χ4v) is 4.10. The predicted molar refractivity (Wildman–Crippen MR) is 116 cm³/mol. The summed E-state index contributed by atoms with van der Waals surface area (Å²) < 4.78 is 6.42.